The van der Waals surface area contributed by atoms with Crippen LogP contribution in [0.4, 0.5) is 0 Å². The van der Waals surface area contributed by atoms with E-state index in [0.29, 0.717) is 42.4 Å². The number of aliphatic hydroxyl groups is 3. The molecule has 4 heteroatoms. The summed E-state index contributed by atoms with van der Waals surface area (Å²) < 4.78 is 0. The molecular formula is C27H46O4. The number of hydrogen-bond donors (Lipinski definition) is 3. The molecule has 4 rings (SSSR count). The molecule has 4 aliphatic rings. The molecule has 4 fully saturated rings. The highest BCUT2D eigenvalue weighted by Crippen LogP contribution is 2.68. The van der Waals surface area contributed by atoms with Crippen LogP contribution in [0.1, 0.15) is 105 Å². The Morgan fingerprint density at radius 2 is 1.81 bits per heavy atom. The first-order chi connectivity index (χ1) is 14.3. The standard InChI is InChI=1S/C27H46O4/c1-17(7-6-12-24(2,3)30)20-8-9-21-19-15-23(29)27(31)16-18(28)10-14-26(27,5)22(19)11-13-25(20,21)4/h17-22,28,30-31H,6-16H2,1-5H3/t17-,18+,19+,20-,21+,22+,25-,26-,27?/m1/s1. The number of rotatable bonds is 5. The molecule has 4 saturated carbocycles. The van der Waals surface area contributed by atoms with Gasteiger partial charge in [-0.25, -0.2) is 0 Å². The van der Waals surface area contributed by atoms with Crippen molar-refractivity contribution in [3.05, 3.63) is 0 Å². The van der Waals surface area contributed by atoms with Gasteiger partial charge in [0.1, 0.15) is 5.60 Å². The Hall–Kier alpha value is -0.450. The fourth-order valence-corrected chi connectivity index (χ4v) is 9.05. The molecular weight excluding hydrogens is 388 g/mol. The summed E-state index contributed by atoms with van der Waals surface area (Å²) in [7, 11) is 0. The first kappa shape index (κ1) is 23.7. The molecule has 0 bridgehead atoms. The molecule has 0 saturated heterocycles. The maximum Gasteiger partial charge on any atom is 0.165 e. The van der Waals surface area contributed by atoms with Gasteiger partial charge in [-0.15, -0.1) is 0 Å². The maximum atomic E-state index is 13.3. The van der Waals surface area contributed by atoms with E-state index in [4.69, 9.17) is 0 Å². The van der Waals surface area contributed by atoms with E-state index in [1.54, 1.807) is 0 Å². The third-order valence-corrected chi connectivity index (χ3v) is 10.8. The Morgan fingerprint density at radius 3 is 2.48 bits per heavy atom. The summed E-state index contributed by atoms with van der Waals surface area (Å²) in [6.07, 6.45) is 9.51. The summed E-state index contributed by atoms with van der Waals surface area (Å²) in [5, 5.41) is 31.8. The molecule has 0 spiro atoms. The van der Waals surface area contributed by atoms with Crippen LogP contribution in [0.3, 0.4) is 0 Å². The number of aliphatic hydroxyl groups excluding tert-OH is 1. The van der Waals surface area contributed by atoms with E-state index in [-0.39, 0.29) is 23.0 Å². The lowest BCUT2D eigenvalue weighted by molar-refractivity contribution is -0.213. The molecule has 0 amide bonds. The van der Waals surface area contributed by atoms with E-state index in [1.165, 1.54) is 25.7 Å². The Bertz CT molecular complexity index is 698. The number of hydrogen-bond acceptors (Lipinski definition) is 4. The van der Waals surface area contributed by atoms with Crippen LogP contribution in [0.2, 0.25) is 0 Å². The van der Waals surface area contributed by atoms with Gasteiger partial charge in [-0.1, -0.05) is 33.6 Å². The number of Topliss-reactive ketones (excluding diaryl/α,β-unsaturated/α-hetero) is 1. The van der Waals surface area contributed by atoms with Crippen LogP contribution in [-0.4, -0.2) is 38.4 Å². The van der Waals surface area contributed by atoms with Gasteiger partial charge in [0, 0.05) is 18.3 Å². The Morgan fingerprint density at radius 1 is 1.10 bits per heavy atom. The van der Waals surface area contributed by atoms with Crippen molar-refractivity contribution in [1.29, 1.82) is 0 Å². The Balaban J connectivity index is 1.52. The third-order valence-electron chi connectivity index (χ3n) is 10.8. The first-order valence-corrected chi connectivity index (χ1v) is 13.0. The van der Waals surface area contributed by atoms with Gasteiger partial charge in [-0.2, -0.15) is 0 Å². The molecule has 0 aliphatic heterocycles. The lowest BCUT2D eigenvalue weighted by Crippen LogP contribution is -2.67. The molecule has 0 aromatic heterocycles. The van der Waals surface area contributed by atoms with Crippen LogP contribution in [0.25, 0.3) is 0 Å². The average Bonchev–Trinajstić information content (AvgIpc) is 3.01. The highest BCUT2D eigenvalue weighted by atomic mass is 16.3. The van der Waals surface area contributed by atoms with Crippen molar-refractivity contribution in [2.24, 2.45) is 40.4 Å². The van der Waals surface area contributed by atoms with Crippen LogP contribution in [0.15, 0.2) is 0 Å². The summed E-state index contributed by atoms with van der Waals surface area (Å²) in [6, 6.07) is 0. The SMILES string of the molecule is C[C@H](CCCC(C)(C)O)[C@H]1CC[C@H]2[C@@H]3CC(=O)C4(O)C[C@@H](O)CC[C@]4(C)[C@H]3CC[C@]12C. The van der Waals surface area contributed by atoms with Crippen molar-refractivity contribution >= 4 is 5.78 Å². The fraction of sp³-hybridized carbons (Fsp3) is 0.963. The van der Waals surface area contributed by atoms with Crippen LogP contribution in [-0.2, 0) is 4.79 Å². The van der Waals surface area contributed by atoms with E-state index in [0.717, 1.165) is 25.7 Å². The average molecular weight is 435 g/mol. The molecule has 3 N–H and O–H groups in total. The Labute approximate surface area is 189 Å². The van der Waals surface area contributed by atoms with Crippen molar-refractivity contribution in [3.8, 4) is 0 Å². The van der Waals surface area contributed by atoms with Crippen LogP contribution < -0.4 is 0 Å². The summed E-state index contributed by atoms with van der Waals surface area (Å²) in [5.41, 5.74) is -2.01. The zero-order valence-corrected chi connectivity index (χ0v) is 20.5. The van der Waals surface area contributed by atoms with Gasteiger partial charge >= 0.3 is 0 Å². The minimum Gasteiger partial charge on any atom is -0.393 e. The van der Waals surface area contributed by atoms with Crippen LogP contribution in [0.5, 0.6) is 0 Å². The zero-order chi connectivity index (χ0) is 22.8. The van der Waals surface area contributed by atoms with Gasteiger partial charge in [-0.3, -0.25) is 4.79 Å². The summed E-state index contributed by atoms with van der Waals surface area (Å²) >= 11 is 0. The van der Waals surface area contributed by atoms with Gasteiger partial charge in [0.05, 0.1) is 11.7 Å². The smallest absolute Gasteiger partial charge is 0.165 e. The lowest BCUT2D eigenvalue weighted by atomic mass is 9.42. The summed E-state index contributed by atoms with van der Waals surface area (Å²) in [4.78, 5) is 13.3. The highest BCUT2D eigenvalue weighted by Gasteiger charge is 2.67. The molecule has 0 aromatic rings. The predicted octanol–water partition coefficient (Wildman–Crippen LogP) is 4.88. The van der Waals surface area contributed by atoms with E-state index in [2.05, 4.69) is 20.8 Å². The van der Waals surface area contributed by atoms with Crippen molar-refractivity contribution in [1.82, 2.24) is 0 Å². The van der Waals surface area contributed by atoms with E-state index in [9.17, 15) is 20.1 Å². The monoisotopic (exact) mass is 434 g/mol. The van der Waals surface area contributed by atoms with E-state index in [1.807, 2.05) is 13.8 Å². The third kappa shape index (κ3) is 3.73. The maximum absolute atomic E-state index is 13.3. The Kier molecular flexibility index (Phi) is 5.97. The normalized spacial score (nSPS) is 48.6. The molecule has 4 aliphatic carbocycles. The molecule has 178 valence electrons. The second-order valence-electron chi connectivity index (χ2n) is 13.1. The molecule has 9 atom stereocenters. The molecule has 0 heterocycles. The highest BCUT2D eigenvalue weighted by molar-refractivity contribution is 5.89. The first-order valence-electron chi connectivity index (χ1n) is 13.0. The second-order valence-corrected chi connectivity index (χ2v) is 13.1. The topological polar surface area (TPSA) is 77.8 Å². The predicted molar refractivity (Wildman–Crippen MR) is 122 cm³/mol. The van der Waals surface area contributed by atoms with E-state index < -0.39 is 17.3 Å². The van der Waals surface area contributed by atoms with Crippen molar-refractivity contribution in [2.45, 2.75) is 123 Å². The summed E-state index contributed by atoms with van der Waals surface area (Å²) in [5.74, 6) is 2.69. The van der Waals surface area contributed by atoms with Gasteiger partial charge in [0.15, 0.2) is 5.78 Å². The minimum atomic E-state index is -1.33. The van der Waals surface area contributed by atoms with Gasteiger partial charge in [0.2, 0.25) is 0 Å². The lowest BCUT2D eigenvalue weighted by Gasteiger charge is -2.63. The number of fused-ring (bicyclic) bond motifs is 5. The quantitative estimate of drug-likeness (QED) is 0.576. The van der Waals surface area contributed by atoms with Gasteiger partial charge in [-0.05, 0) is 93.8 Å². The van der Waals surface area contributed by atoms with Crippen LogP contribution >= 0.6 is 0 Å². The fourth-order valence-electron chi connectivity index (χ4n) is 9.05. The second kappa shape index (κ2) is 7.81. The van der Waals surface area contributed by atoms with Gasteiger partial charge < -0.3 is 15.3 Å². The number of carbonyl (C=O) groups excluding carboxylic acids is 1. The number of carbonyl (C=O) groups is 1. The van der Waals surface area contributed by atoms with Crippen molar-refractivity contribution in [3.63, 3.8) is 0 Å². The van der Waals surface area contributed by atoms with E-state index >= 15 is 0 Å². The van der Waals surface area contributed by atoms with Crippen molar-refractivity contribution < 1.29 is 20.1 Å². The largest absolute Gasteiger partial charge is 0.393 e. The molecule has 1 unspecified atom stereocenters. The van der Waals surface area contributed by atoms with Crippen LogP contribution in [0, 0.1) is 40.4 Å². The van der Waals surface area contributed by atoms with Crippen molar-refractivity contribution in [2.75, 3.05) is 0 Å². The summed E-state index contributed by atoms with van der Waals surface area (Å²) in [6.45, 7) is 10.9. The molecule has 4 nitrogen and oxygen atoms in total. The number of ketones is 1. The molecule has 0 aromatic carbocycles. The zero-order valence-electron chi connectivity index (χ0n) is 20.5. The van der Waals surface area contributed by atoms with Gasteiger partial charge in [0.25, 0.3) is 0 Å². The molecule has 0 radical (unpaired) electrons. The molecule has 31 heavy (non-hydrogen) atoms. The minimum absolute atomic E-state index is 0.000857.